The van der Waals surface area contributed by atoms with E-state index in [-0.39, 0.29) is 6.54 Å². The highest BCUT2D eigenvalue weighted by Crippen LogP contribution is 2.17. The number of carbonyl (C=O) groups excluding carboxylic acids is 1. The Balaban J connectivity index is 2.21. The Morgan fingerprint density at radius 1 is 1.13 bits per heavy atom. The number of carbonyl (C=O) groups is 1. The Morgan fingerprint density at radius 2 is 1.74 bits per heavy atom. The number of carboxylic acids is 1. The molecule has 0 unspecified atom stereocenters. The van der Waals surface area contributed by atoms with Gasteiger partial charge in [-0.25, -0.2) is 17.5 Å². The highest BCUT2D eigenvalue weighted by atomic mass is 32.2. The average molecular weight is 336 g/mol. The molecule has 2 aromatic rings. The molecule has 0 aromatic heterocycles. The lowest BCUT2D eigenvalue weighted by atomic mass is 10.1. The molecule has 0 aliphatic carbocycles. The van der Waals surface area contributed by atoms with Gasteiger partial charge in [0.15, 0.2) is 0 Å². The third kappa shape index (κ3) is 4.14. The van der Waals surface area contributed by atoms with E-state index in [0.29, 0.717) is 5.56 Å². The van der Waals surface area contributed by atoms with Gasteiger partial charge in [-0.05, 0) is 35.2 Å². The molecule has 2 aromatic carbocycles. The fourth-order valence-electron chi connectivity index (χ4n) is 1.99. The molecule has 0 aliphatic rings. The van der Waals surface area contributed by atoms with Gasteiger partial charge in [0.05, 0.1) is 5.97 Å². The zero-order chi connectivity index (χ0) is 17.0. The molecule has 1 N–H and O–H groups in total. The number of aromatic carboxylic acids is 1. The standard InChI is InChI=1S/C16H16FNO4S/c1-2-11-3-5-12(6-4-11)10-18-23(21,22)15-9-13(16(19)20)7-8-14(15)17/h3-9,18H,2,10H2,1H3,(H,19,20)/p-1. The monoisotopic (exact) mass is 336 g/mol. The minimum Gasteiger partial charge on any atom is -0.545 e. The molecule has 2 rings (SSSR count). The molecule has 0 saturated heterocycles. The largest absolute Gasteiger partial charge is 0.545 e. The normalized spacial score (nSPS) is 11.4. The van der Waals surface area contributed by atoms with Crippen LogP contribution in [0.5, 0.6) is 0 Å². The number of halogens is 1. The lowest BCUT2D eigenvalue weighted by molar-refractivity contribution is -0.255. The van der Waals surface area contributed by atoms with Crippen LogP contribution in [0.15, 0.2) is 47.4 Å². The number of rotatable bonds is 6. The number of nitrogens with one attached hydrogen (secondary N) is 1. The van der Waals surface area contributed by atoms with Crippen LogP contribution >= 0.6 is 0 Å². The lowest BCUT2D eigenvalue weighted by Crippen LogP contribution is -2.26. The summed E-state index contributed by atoms with van der Waals surface area (Å²) < 4.78 is 40.3. The maximum Gasteiger partial charge on any atom is 0.243 e. The van der Waals surface area contributed by atoms with Crippen LogP contribution < -0.4 is 9.83 Å². The van der Waals surface area contributed by atoms with E-state index in [4.69, 9.17) is 0 Å². The highest BCUT2D eigenvalue weighted by Gasteiger charge is 2.19. The molecule has 0 saturated carbocycles. The Labute approximate surface area is 133 Å². The summed E-state index contributed by atoms with van der Waals surface area (Å²) in [4.78, 5) is 10.1. The van der Waals surface area contributed by atoms with Crippen molar-refractivity contribution in [3.05, 3.63) is 65.0 Å². The molecular formula is C16H15FNO4S-. The molecule has 0 radical (unpaired) electrons. The van der Waals surface area contributed by atoms with E-state index < -0.39 is 32.3 Å². The second kappa shape index (κ2) is 6.89. The van der Waals surface area contributed by atoms with Crippen LogP contribution in [0.25, 0.3) is 0 Å². The quantitative estimate of drug-likeness (QED) is 0.860. The molecule has 0 amide bonds. The third-order valence-electron chi connectivity index (χ3n) is 3.35. The molecule has 0 bridgehead atoms. The minimum absolute atomic E-state index is 0.0265. The molecule has 0 heterocycles. The van der Waals surface area contributed by atoms with E-state index >= 15 is 0 Å². The van der Waals surface area contributed by atoms with E-state index in [1.807, 2.05) is 19.1 Å². The van der Waals surface area contributed by atoms with Crippen LogP contribution in [0.2, 0.25) is 0 Å². The van der Waals surface area contributed by atoms with Crippen LogP contribution in [0.3, 0.4) is 0 Å². The Bertz CT molecular complexity index is 816. The van der Waals surface area contributed by atoms with Crippen molar-refractivity contribution in [1.29, 1.82) is 0 Å². The molecule has 7 heteroatoms. The SMILES string of the molecule is CCc1ccc(CNS(=O)(=O)c2cc(C(=O)[O-])ccc2F)cc1. The van der Waals surface area contributed by atoms with Crippen molar-refractivity contribution in [1.82, 2.24) is 4.72 Å². The van der Waals surface area contributed by atoms with E-state index in [1.165, 1.54) is 0 Å². The number of carboxylic acid groups (broad SMARTS) is 1. The fraction of sp³-hybridized carbons (Fsp3) is 0.188. The van der Waals surface area contributed by atoms with E-state index in [1.54, 1.807) is 12.1 Å². The van der Waals surface area contributed by atoms with Crippen LogP contribution in [-0.2, 0) is 23.0 Å². The van der Waals surface area contributed by atoms with Gasteiger partial charge in [-0.3, -0.25) is 0 Å². The topological polar surface area (TPSA) is 86.3 Å². The zero-order valence-corrected chi connectivity index (χ0v) is 13.2. The van der Waals surface area contributed by atoms with Crippen LogP contribution in [0.1, 0.15) is 28.4 Å². The van der Waals surface area contributed by atoms with Gasteiger partial charge in [-0.2, -0.15) is 0 Å². The van der Waals surface area contributed by atoms with Crippen molar-refractivity contribution in [2.45, 2.75) is 24.8 Å². The van der Waals surface area contributed by atoms with Crippen LogP contribution in [0.4, 0.5) is 4.39 Å². The van der Waals surface area contributed by atoms with Gasteiger partial charge >= 0.3 is 0 Å². The summed E-state index contributed by atoms with van der Waals surface area (Å²) in [7, 11) is -4.18. The number of aryl methyl sites for hydroxylation is 1. The zero-order valence-electron chi connectivity index (χ0n) is 12.4. The van der Waals surface area contributed by atoms with Crippen molar-refractivity contribution in [3.63, 3.8) is 0 Å². The van der Waals surface area contributed by atoms with Crippen molar-refractivity contribution < 1.29 is 22.7 Å². The number of hydrogen-bond acceptors (Lipinski definition) is 4. The molecule has 0 fully saturated rings. The smallest absolute Gasteiger partial charge is 0.243 e. The molecule has 0 atom stereocenters. The maximum absolute atomic E-state index is 13.7. The molecule has 0 aliphatic heterocycles. The van der Waals surface area contributed by atoms with Gasteiger partial charge in [-0.1, -0.05) is 37.3 Å². The van der Waals surface area contributed by atoms with Gasteiger partial charge in [-0.15, -0.1) is 0 Å². The Hall–Kier alpha value is -2.25. The van der Waals surface area contributed by atoms with Crippen molar-refractivity contribution in [3.8, 4) is 0 Å². The van der Waals surface area contributed by atoms with Crippen molar-refractivity contribution >= 4 is 16.0 Å². The first-order valence-corrected chi connectivity index (χ1v) is 8.40. The second-order valence-corrected chi connectivity index (χ2v) is 6.66. The number of sulfonamides is 1. The highest BCUT2D eigenvalue weighted by molar-refractivity contribution is 7.89. The predicted molar refractivity (Wildman–Crippen MR) is 80.6 cm³/mol. The number of benzene rings is 2. The summed E-state index contributed by atoms with van der Waals surface area (Å²) in [6.07, 6.45) is 0.868. The van der Waals surface area contributed by atoms with Gasteiger partial charge in [0.25, 0.3) is 0 Å². The van der Waals surface area contributed by atoms with Crippen LogP contribution in [-0.4, -0.2) is 14.4 Å². The molecule has 122 valence electrons. The second-order valence-electron chi connectivity index (χ2n) is 4.93. The van der Waals surface area contributed by atoms with Crippen molar-refractivity contribution in [2.24, 2.45) is 0 Å². The summed E-state index contributed by atoms with van der Waals surface area (Å²) in [5, 5.41) is 10.8. The summed E-state index contributed by atoms with van der Waals surface area (Å²) in [5.74, 6) is -2.60. The molecule has 5 nitrogen and oxygen atoms in total. The van der Waals surface area contributed by atoms with Gasteiger partial charge in [0.1, 0.15) is 10.7 Å². The van der Waals surface area contributed by atoms with Gasteiger partial charge in [0, 0.05) is 6.54 Å². The maximum atomic E-state index is 13.7. The summed E-state index contributed by atoms with van der Waals surface area (Å²) in [5.41, 5.74) is 1.42. The molecular weight excluding hydrogens is 321 g/mol. The third-order valence-corrected chi connectivity index (χ3v) is 4.77. The first kappa shape index (κ1) is 17.1. The van der Waals surface area contributed by atoms with Crippen molar-refractivity contribution in [2.75, 3.05) is 0 Å². The number of hydrogen-bond donors (Lipinski definition) is 1. The predicted octanol–water partition coefficient (Wildman–Crippen LogP) is 1.23. The van der Waals surface area contributed by atoms with E-state index in [0.717, 1.165) is 30.2 Å². The first-order valence-electron chi connectivity index (χ1n) is 6.92. The van der Waals surface area contributed by atoms with Gasteiger partial charge in [0.2, 0.25) is 10.0 Å². The average Bonchev–Trinajstić information content (AvgIpc) is 2.53. The fourth-order valence-corrected chi connectivity index (χ4v) is 3.10. The van der Waals surface area contributed by atoms with E-state index in [2.05, 4.69) is 4.72 Å². The van der Waals surface area contributed by atoms with Gasteiger partial charge < -0.3 is 9.90 Å². The summed E-state index contributed by atoms with van der Waals surface area (Å²) in [6.45, 7) is 1.98. The lowest BCUT2D eigenvalue weighted by Gasteiger charge is -2.10. The Kier molecular flexibility index (Phi) is 5.12. The van der Waals surface area contributed by atoms with Crippen LogP contribution in [0, 0.1) is 5.82 Å². The molecule has 23 heavy (non-hydrogen) atoms. The minimum atomic E-state index is -4.18. The molecule has 0 spiro atoms. The summed E-state index contributed by atoms with van der Waals surface area (Å²) in [6, 6.07) is 9.78. The summed E-state index contributed by atoms with van der Waals surface area (Å²) >= 11 is 0. The Morgan fingerprint density at radius 3 is 2.30 bits per heavy atom. The van der Waals surface area contributed by atoms with E-state index in [9.17, 15) is 22.7 Å². The first-order chi connectivity index (χ1) is 10.8.